The number of carbonyl (C=O) groups excluding carboxylic acids is 1. The summed E-state index contributed by atoms with van der Waals surface area (Å²) >= 11 is 0. The molecule has 0 aliphatic rings. The number of carbonyl (C=O) groups is 1. The Balaban J connectivity index is 2.44. The van der Waals surface area contributed by atoms with Crippen LogP contribution in [0.25, 0.3) is 0 Å². The van der Waals surface area contributed by atoms with Gasteiger partial charge in [-0.05, 0) is 13.3 Å². The number of hydrogen-bond donors (Lipinski definition) is 2. The number of nitrogens with two attached hydrogens (primary N) is 1. The third-order valence-corrected chi connectivity index (χ3v) is 2.40. The Morgan fingerprint density at radius 3 is 3.12 bits per heavy atom. The van der Waals surface area contributed by atoms with Crippen LogP contribution in [0.1, 0.15) is 25.1 Å². The van der Waals surface area contributed by atoms with E-state index in [2.05, 4.69) is 15.6 Å². The Bertz CT molecular complexity index is 352. The molecular formula is C10H19N5O2. The van der Waals surface area contributed by atoms with Crippen LogP contribution in [0.3, 0.4) is 0 Å². The van der Waals surface area contributed by atoms with Crippen molar-refractivity contribution in [1.29, 1.82) is 0 Å². The lowest BCUT2D eigenvalue weighted by molar-refractivity contribution is -0.119. The first-order chi connectivity index (χ1) is 8.17. The highest BCUT2D eigenvalue weighted by molar-refractivity contribution is 5.77. The minimum absolute atomic E-state index is 0.0155. The van der Waals surface area contributed by atoms with Crippen LogP contribution in [0.4, 0.5) is 0 Å². The normalized spacial score (nSPS) is 12.4. The fourth-order valence-corrected chi connectivity index (χ4v) is 1.29. The fraction of sp³-hybridized carbons (Fsp3) is 0.700. The molecule has 0 radical (unpaired) electrons. The molecular weight excluding hydrogens is 222 g/mol. The molecule has 17 heavy (non-hydrogen) atoms. The first-order valence-electron chi connectivity index (χ1n) is 5.53. The highest BCUT2D eigenvalue weighted by atomic mass is 16.5. The Morgan fingerprint density at radius 1 is 1.71 bits per heavy atom. The zero-order chi connectivity index (χ0) is 12.7. The Hall–Kier alpha value is -1.47. The van der Waals surface area contributed by atoms with Gasteiger partial charge in [-0.15, -0.1) is 5.10 Å². The van der Waals surface area contributed by atoms with Crippen LogP contribution in [0.5, 0.6) is 0 Å². The molecule has 0 spiro atoms. The largest absolute Gasteiger partial charge is 0.385 e. The van der Waals surface area contributed by atoms with Gasteiger partial charge in [0.15, 0.2) is 0 Å². The molecule has 7 heteroatoms. The van der Waals surface area contributed by atoms with Gasteiger partial charge in [-0.1, -0.05) is 5.21 Å². The summed E-state index contributed by atoms with van der Waals surface area (Å²) in [5, 5.41) is 10.6. The summed E-state index contributed by atoms with van der Waals surface area (Å²) in [5.74, 6) is -0.202. The van der Waals surface area contributed by atoms with Crippen molar-refractivity contribution in [3.05, 3.63) is 11.9 Å². The van der Waals surface area contributed by atoms with Gasteiger partial charge >= 0.3 is 0 Å². The van der Waals surface area contributed by atoms with Gasteiger partial charge in [-0.3, -0.25) is 4.79 Å². The van der Waals surface area contributed by atoms with E-state index in [0.29, 0.717) is 13.2 Å². The minimum Gasteiger partial charge on any atom is -0.385 e. The standard InChI is InChI=1S/C10H19N5O2/c1-8(3-4-17-2)15-7-9(13-14-15)6-12-10(16)5-11/h7-8H,3-6,11H2,1-2H3,(H,12,16). The van der Waals surface area contributed by atoms with E-state index in [-0.39, 0.29) is 18.5 Å². The van der Waals surface area contributed by atoms with Gasteiger partial charge in [0.05, 0.1) is 25.3 Å². The highest BCUT2D eigenvalue weighted by Gasteiger charge is 2.08. The number of amides is 1. The maximum Gasteiger partial charge on any atom is 0.234 e. The molecule has 0 saturated carbocycles. The monoisotopic (exact) mass is 241 g/mol. The van der Waals surface area contributed by atoms with E-state index in [1.165, 1.54) is 0 Å². The molecule has 0 aromatic carbocycles. The molecule has 0 fully saturated rings. The van der Waals surface area contributed by atoms with Crippen LogP contribution >= 0.6 is 0 Å². The average molecular weight is 241 g/mol. The van der Waals surface area contributed by atoms with Gasteiger partial charge < -0.3 is 15.8 Å². The molecule has 96 valence electrons. The molecule has 1 amide bonds. The first-order valence-corrected chi connectivity index (χ1v) is 5.53. The molecule has 7 nitrogen and oxygen atoms in total. The number of rotatable bonds is 7. The molecule has 1 aromatic rings. The van der Waals surface area contributed by atoms with Crippen molar-refractivity contribution >= 4 is 5.91 Å². The fourth-order valence-electron chi connectivity index (χ4n) is 1.29. The molecule has 3 N–H and O–H groups in total. The second-order valence-corrected chi connectivity index (χ2v) is 3.80. The zero-order valence-corrected chi connectivity index (χ0v) is 10.2. The van der Waals surface area contributed by atoms with Gasteiger partial charge in [0, 0.05) is 13.7 Å². The average Bonchev–Trinajstić information content (AvgIpc) is 2.81. The summed E-state index contributed by atoms with van der Waals surface area (Å²) in [6.45, 7) is 3.06. The predicted octanol–water partition coefficient (Wildman–Crippen LogP) is -0.549. The van der Waals surface area contributed by atoms with Crippen molar-refractivity contribution in [2.75, 3.05) is 20.3 Å². The van der Waals surface area contributed by atoms with E-state index >= 15 is 0 Å². The number of nitrogens with zero attached hydrogens (tertiary/aromatic N) is 3. The number of ether oxygens (including phenoxy) is 1. The van der Waals surface area contributed by atoms with Crippen LogP contribution in [0, 0.1) is 0 Å². The van der Waals surface area contributed by atoms with E-state index in [4.69, 9.17) is 10.5 Å². The summed E-state index contributed by atoms with van der Waals surface area (Å²) in [6.07, 6.45) is 2.69. The summed E-state index contributed by atoms with van der Waals surface area (Å²) in [6, 6.07) is 0.224. The van der Waals surface area contributed by atoms with Crippen LogP contribution < -0.4 is 11.1 Å². The number of methoxy groups -OCH3 is 1. The molecule has 1 rings (SSSR count). The van der Waals surface area contributed by atoms with Gasteiger partial charge in [-0.2, -0.15) is 0 Å². The first kappa shape index (κ1) is 13.6. The third-order valence-electron chi connectivity index (χ3n) is 2.40. The maximum absolute atomic E-state index is 11.0. The predicted molar refractivity (Wildman–Crippen MR) is 62.1 cm³/mol. The maximum atomic E-state index is 11.0. The molecule has 1 aromatic heterocycles. The van der Waals surface area contributed by atoms with E-state index < -0.39 is 0 Å². The quantitative estimate of drug-likeness (QED) is 0.668. The van der Waals surface area contributed by atoms with Crippen molar-refractivity contribution in [3.63, 3.8) is 0 Å². The van der Waals surface area contributed by atoms with Gasteiger partial charge in [-0.25, -0.2) is 4.68 Å². The van der Waals surface area contributed by atoms with Gasteiger partial charge in [0.25, 0.3) is 0 Å². The van der Waals surface area contributed by atoms with Crippen molar-refractivity contribution in [3.8, 4) is 0 Å². The number of hydrogen-bond acceptors (Lipinski definition) is 5. The molecule has 0 aliphatic carbocycles. The summed E-state index contributed by atoms with van der Waals surface area (Å²) < 4.78 is 6.77. The lowest BCUT2D eigenvalue weighted by atomic mass is 10.2. The van der Waals surface area contributed by atoms with Gasteiger partial charge in [0.1, 0.15) is 5.69 Å². The Morgan fingerprint density at radius 2 is 2.47 bits per heavy atom. The highest BCUT2D eigenvalue weighted by Crippen LogP contribution is 2.08. The topological polar surface area (TPSA) is 95.1 Å². The van der Waals surface area contributed by atoms with Crippen LogP contribution in [-0.2, 0) is 16.1 Å². The summed E-state index contributed by atoms with van der Waals surface area (Å²) in [4.78, 5) is 11.0. The van der Waals surface area contributed by atoms with Crippen LogP contribution in [0.15, 0.2) is 6.20 Å². The van der Waals surface area contributed by atoms with E-state index in [1.807, 2.05) is 13.1 Å². The molecule has 0 saturated heterocycles. The minimum atomic E-state index is -0.202. The van der Waals surface area contributed by atoms with Crippen LogP contribution in [0.2, 0.25) is 0 Å². The second-order valence-electron chi connectivity index (χ2n) is 3.80. The summed E-state index contributed by atoms with van der Waals surface area (Å²) in [5.41, 5.74) is 5.90. The SMILES string of the molecule is COCCC(C)n1cc(CNC(=O)CN)nn1. The van der Waals surface area contributed by atoms with E-state index in [1.54, 1.807) is 11.8 Å². The van der Waals surface area contributed by atoms with Crippen molar-refractivity contribution < 1.29 is 9.53 Å². The summed E-state index contributed by atoms with van der Waals surface area (Å²) in [7, 11) is 1.67. The second kappa shape index (κ2) is 6.97. The lowest BCUT2D eigenvalue weighted by Gasteiger charge is -2.09. The van der Waals surface area contributed by atoms with Crippen molar-refractivity contribution in [2.45, 2.75) is 25.9 Å². The molecule has 1 atom stereocenters. The Kier molecular flexibility index (Phi) is 5.58. The molecule has 1 heterocycles. The van der Waals surface area contributed by atoms with E-state index in [9.17, 15) is 4.79 Å². The molecule has 0 aliphatic heterocycles. The van der Waals surface area contributed by atoms with Gasteiger partial charge in [0.2, 0.25) is 5.91 Å². The lowest BCUT2D eigenvalue weighted by Crippen LogP contribution is -2.29. The Labute approximate surface area is 100 Å². The number of nitrogens with one attached hydrogen (secondary N) is 1. The van der Waals surface area contributed by atoms with Crippen LogP contribution in [-0.4, -0.2) is 41.2 Å². The molecule has 1 unspecified atom stereocenters. The smallest absolute Gasteiger partial charge is 0.234 e. The molecule has 0 bridgehead atoms. The van der Waals surface area contributed by atoms with E-state index in [0.717, 1.165) is 12.1 Å². The van der Waals surface area contributed by atoms with Crippen molar-refractivity contribution in [2.24, 2.45) is 5.73 Å². The van der Waals surface area contributed by atoms with Crippen molar-refractivity contribution in [1.82, 2.24) is 20.3 Å². The third kappa shape index (κ3) is 4.49. The zero-order valence-electron chi connectivity index (χ0n) is 10.2. The number of aromatic nitrogens is 3.